The molecule has 0 radical (unpaired) electrons. The van der Waals surface area contributed by atoms with E-state index in [9.17, 15) is 4.79 Å². The molecule has 0 spiro atoms. The number of carbonyl (C=O) groups excluding carboxylic acids is 1. The summed E-state index contributed by atoms with van der Waals surface area (Å²) < 4.78 is 1.73. The molecular formula is C13H19N5OS. The fourth-order valence-corrected chi connectivity index (χ4v) is 3.52. The van der Waals surface area contributed by atoms with Crippen LogP contribution in [0.3, 0.4) is 0 Å². The van der Waals surface area contributed by atoms with E-state index in [0.717, 1.165) is 22.3 Å². The fraction of sp³-hybridized carbons (Fsp3) is 0.692. The first kappa shape index (κ1) is 13.5. The zero-order valence-corrected chi connectivity index (χ0v) is 12.4. The third kappa shape index (κ3) is 2.98. The predicted molar refractivity (Wildman–Crippen MR) is 76.7 cm³/mol. The molecule has 6 nitrogen and oxygen atoms in total. The van der Waals surface area contributed by atoms with E-state index < -0.39 is 0 Å². The number of nitrogens with one attached hydrogen (secondary N) is 1. The number of carbonyl (C=O) groups is 1. The zero-order chi connectivity index (χ0) is 13.9. The van der Waals surface area contributed by atoms with Crippen molar-refractivity contribution in [1.29, 1.82) is 0 Å². The summed E-state index contributed by atoms with van der Waals surface area (Å²) >= 11 is 1.50. The highest BCUT2D eigenvalue weighted by Gasteiger charge is 2.16. The van der Waals surface area contributed by atoms with Crippen LogP contribution in [0.25, 0.3) is 4.96 Å². The van der Waals surface area contributed by atoms with Gasteiger partial charge in [-0.15, -0.1) is 10.2 Å². The first-order valence-electron chi connectivity index (χ1n) is 7.17. The monoisotopic (exact) mass is 293 g/mol. The van der Waals surface area contributed by atoms with Gasteiger partial charge < -0.3 is 5.32 Å². The second-order valence-electron chi connectivity index (χ2n) is 5.39. The van der Waals surface area contributed by atoms with Crippen molar-refractivity contribution < 1.29 is 4.79 Å². The van der Waals surface area contributed by atoms with E-state index in [1.54, 1.807) is 4.52 Å². The molecule has 2 aromatic heterocycles. The molecule has 1 saturated carbocycles. The second kappa shape index (κ2) is 5.87. The maximum atomic E-state index is 11.8. The van der Waals surface area contributed by atoms with E-state index in [2.05, 4.69) is 20.6 Å². The molecule has 7 heteroatoms. The van der Waals surface area contributed by atoms with E-state index in [1.165, 1.54) is 37.0 Å². The quantitative estimate of drug-likeness (QED) is 0.911. The Labute approximate surface area is 121 Å². The van der Waals surface area contributed by atoms with Crippen molar-refractivity contribution in [1.82, 2.24) is 25.1 Å². The molecule has 1 amide bonds. The molecule has 1 N–H and O–H groups in total. The lowest BCUT2D eigenvalue weighted by Gasteiger charge is -2.09. The highest BCUT2D eigenvalue weighted by molar-refractivity contribution is 7.16. The van der Waals surface area contributed by atoms with E-state index in [-0.39, 0.29) is 5.91 Å². The molecule has 0 aromatic carbocycles. The predicted octanol–water partition coefficient (Wildman–Crippen LogP) is 1.73. The Bertz CT molecular complexity index is 599. The number of nitrogens with zero attached hydrogens (tertiary/aromatic N) is 4. The molecule has 2 heterocycles. The summed E-state index contributed by atoms with van der Waals surface area (Å²) in [6, 6.07) is 0. The van der Waals surface area contributed by atoms with Crippen molar-refractivity contribution in [2.45, 2.75) is 45.4 Å². The van der Waals surface area contributed by atoms with Crippen molar-refractivity contribution in [2.24, 2.45) is 5.92 Å². The second-order valence-corrected chi connectivity index (χ2v) is 6.43. The van der Waals surface area contributed by atoms with Gasteiger partial charge in [-0.3, -0.25) is 4.79 Å². The minimum atomic E-state index is 0.125. The third-order valence-corrected chi connectivity index (χ3v) is 4.78. The van der Waals surface area contributed by atoms with Gasteiger partial charge in [-0.2, -0.15) is 9.61 Å². The topological polar surface area (TPSA) is 72.2 Å². The van der Waals surface area contributed by atoms with Crippen molar-refractivity contribution >= 4 is 22.2 Å². The maximum absolute atomic E-state index is 11.8. The van der Waals surface area contributed by atoms with Gasteiger partial charge in [-0.25, -0.2) is 0 Å². The first-order valence-corrected chi connectivity index (χ1v) is 7.98. The van der Waals surface area contributed by atoms with Crippen LogP contribution in [0, 0.1) is 12.8 Å². The zero-order valence-electron chi connectivity index (χ0n) is 11.6. The van der Waals surface area contributed by atoms with E-state index >= 15 is 0 Å². The Morgan fingerprint density at radius 1 is 1.40 bits per heavy atom. The lowest BCUT2D eigenvalue weighted by molar-refractivity contribution is -0.121. The van der Waals surface area contributed by atoms with Crippen LogP contribution in [0.1, 0.15) is 42.9 Å². The van der Waals surface area contributed by atoms with Crippen LogP contribution in [0.2, 0.25) is 0 Å². The summed E-state index contributed by atoms with van der Waals surface area (Å²) in [6.45, 7) is 2.71. The third-order valence-electron chi connectivity index (χ3n) is 3.82. The highest BCUT2D eigenvalue weighted by Crippen LogP contribution is 2.23. The van der Waals surface area contributed by atoms with Gasteiger partial charge in [0.1, 0.15) is 5.01 Å². The molecule has 0 bridgehead atoms. The number of aromatic nitrogens is 4. The minimum Gasteiger partial charge on any atom is -0.356 e. The molecular weight excluding hydrogens is 274 g/mol. The van der Waals surface area contributed by atoms with Crippen LogP contribution in [0.4, 0.5) is 0 Å². The SMILES string of the molecule is Cc1nnc2sc(CCC(=O)NCC3CCCC3)nn12. The number of hydrogen-bond acceptors (Lipinski definition) is 5. The van der Waals surface area contributed by atoms with Gasteiger partial charge in [0.05, 0.1) is 0 Å². The van der Waals surface area contributed by atoms with E-state index in [0.29, 0.717) is 18.8 Å². The lowest BCUT2D eigenvalue weighted by Crippen LogP contribution is -2.28. The largest absolute Gasteiger partial charge is 0.356 e. The van der Waals surface area contributed by atoms with Crippen molar-refractivity contribution in [3.63, 3.8) is 0 Å². The average molecular weight is 293 g/mol. The van der Waals surface area contributed by atoms with Gasteiger partial charge in [0.2, 0.25) is 10.9 Å². The van der Waals surface area contributed by atoms with Gasteiger partial charge >= 0.3 is 0 Å². The Hall–Kier alpha value is -1.50. The molecule has 20 heavy (non-hydrogen) atoms. The number of hydrogen-bond donors (Lipinski definition) is 1. The summed E-state index contributed by atoms with van der Waals surface area (Å²) in [5, 5.41) is 16.4. The van der Waals surface area contributed by atoms with Gasteiger partial charge in [0.25, 0.3) is 0 Å². The minimum absolute atomic E-state index is 0.125. The van der Waals surface area contributed by atoms with Crippen LogP contribution < -0.4 is 5.32 Å². The molecule has 1 fully saturated rings. The van der Waals surface area contributed by atoms with Crippen LogP contribution in [0.15, 0.2) is 0 Å². The average Bonchev–Trinajstić information content (AvgIpc) is 3.13. The van der Waals surface area contributed by atoms with Crippen LogP contribution in [0.5, 0.6) is 0 Å². The van der Waals surface area contributed by atoms with Gasteiger partial charge in [-0.05, 0) is 25.7 Å². The Balaban J connectivity index is 1.47. The van der Waals surface area contributed by atoms with Gasteiger partial charge in [0, 0.05) is 19.4 Å². The Morgan fingerprint density at radius 3 is 2.95 bits per heavy atom. The molecule has 3 rings (SSSR count). The van der Waals surface area contributed by atoms with Crippen LogP contribution in [-0.4, -0.2) is 32.3 Å². The number of fused-ring (bicyclic) bond motifs is 1. The number of aryl methyl sites for hydroxylation is 2. The molecule has 2 aromatic rings. The summed E-state index contributed by atoms with van der Waals surface area (Å²) in [6.07, 6.45) is 6.31. The molecule has 0 aliphatic heterocycles. The molecule has 0 atom stereocenters. The van der Waals surface area contributed by atoms with Gasteiger partial charge in [0.15, 0.2) is 5.82 Å². The fourth-order valence-electron chi connectivity index (χ4n) is 2.64. The van der Waals surface area contributed by atoms with Crippen LogP contribution >= 0.6 is 11.3 Å². The lowest BCUT2D eigenvalue weighted by atomic mass is 10.1. The highest BCUT2D eigenvalue weighted by atomic mass is 32.1. The molecule has 108 valence electrons. The number of rotatable bonds is 5. The van der Waals surface area contributed by atoms with Crippen molar-refractivity contribution in [2.75, 3.05) is 6.54 Å². The Morgan fingerprint density at radius 2 is 2.20 bits per heavy atom. The first-order chi connectivity index (χ1) is 9.72. The standard InChI is InChI=1S/C13H19N5OS/c1-9-15-16-13-18(9)17-12(20-13)7-6-11(19)14-8-10-4-2-3-5-10/h10H,2-8H2,1H3,(H,14,19). The van der Waals surface area contributed by atoms with Crippen molar-refractivity contribution in [3.8, 4) is 0 Å². The summed E-state index contributed by atoms with van der Waals surface area (Å²) in [7, 11) is 0. The van der Waals surface area contributed by atoms with Crippen LogP contribution in [-0.2, 0) is 11.2 Å². The molecule has 1 aliphatic rings. The van der Waals surface area contributed by atoms with E-state index in [4.69, 9.17) is 0 Å². The summed E-state index contributed by atoms with van der Waals surface area (Å²) in [5.74, 6) is 1.60. The molecule has 0 saturated heterocycles. The van der Waals surface area contributed by atoms with Gasteiger partial charge in [-0.1, -0.05) is 24.2 Å². The normalized spacial score (nSPS) is 16.1. The number of amides is 1. The molecule has 1 aliphatic carbocycles. The van der Waals surface area contributed by atoms with E-state index in [1.807, 2.05) is 6.92 Å². The summed E-state index contributed by atoms with van der Waals surface area (Å²) in [4.78, 5) is 12.6. The Kier molecular flexibility index (Phi) is 3.95. The maximum Gasteiger partial charge on any atom is 0.234 e. The summed E-state index contributed by atoms with van der Waals surface area (Å²) in [5.41, 5.74) is 0. The molecule has 0 unspecified atom stereocenters. The smallest absolute Gasteiger partial charge is 0.234 e. The van der Waals surface area contributed by atoms with Crippen molar-refractivity contribution in [3.05, 3.63) is 10.8 Å².